The predicted molar refractivity (Wildman–Crippen MR) is 150 cm³/mol. The van der Waals surface area contributed by atoms with Crippen LogP contribution in [0.15, 0.2) is 30.3 Å². The van der Waals surface area contributed by atoms with Crippen LogP contribution in [0, 0.1) is 0 Å². The van der Waals surface area contributed by atoms with Gasteiger partial charge in [-0.25, -0.2) is 21.8 Å². The summed E-state index contributed by atoms with van der Waals surface area (Å²) in [5, 5.41) is 20.5. The van der Waals surface area contributed by atoms with Crippen molar-refractivity contribution in [2.75, 3.05) is 13.3 Å². The smallest absolute Gasteiger partial charge is 0.387 e. The lowest BCUT2D eigenvalue weighted by atomic mass is 10.0. The first-order valence-electron chi connectivity index (χ1n) is 9.34. The van der Waals surface area contributed by atoms with Gasteiger partial charge in [0.05, 0.1) is 6.61 Å². The number of aliphatic hydroxyl groups excluding tert-OH is 2. The number of rotatable bonds is 13. The highest BCUT2D eigenvalue weighted by atomic mass is 32.7. The van der Waals surface area contributed by atoms with Crippen molar-refractivity contribution < 1.29 is 65.6 Å². The highest BCUT2D eigenvalue weighted by Gasteiger charge is 2.47. The summed E-state index contributed by atoms with van der Waals surface area (Å²) in [6, 6.07) is 7.82. The second kappa shape index (κ2) is 13.3. The Balaban J connectivity index is 1.99. The molecule has 1 fully saturated rings. The van der Waals surface area contributed by atoms with Gasteiger partial charge in [0.2, 0.25) is 0 Å². The fourth-order valence-corrected chi connectivity index (χ4v) is 17.9. The van der Waals surface area contributed by atoms with Gasteiger partial charge in [-0.1, -0.05) is 42.6 Å². The van der Waals surface area contributed by atoms with Gasteiger partial charge in [0.1, 0.15) is 24.4 Å². The Bertz CT molecular complexity index is 1230. The molecular weight excluding hydrogens is 695 g/mol. The van der Waals surface area contributed by atoms with Gasteiger partial charge >= 0.3 is 27.0 Å². The van der Waals surface area contributed by atoms with Crippen LogP contribution >= 0.6 is 45.7 Å². The molecule has 24 heteroatoms. The highest BCUT2D eigenvalue weighted by Crippen LogP contribution is 2.76. The van der Waals surface area contributed by atoms with Crippen LogP contribution in [-0.4, -0.2) is 73.3 Å². The van der Waals surface area contributed by atoms with Gasteiger partial charge in [-0.2, -0.15) is 0 Å². The first kappa shape index (κ1) is 34.8. The molecule has 2 rings (SSSR count). The quantitative estimate of drug-likeness (QED) is 0.0885. The summed E-state index contributed by atoms with van der Waals surface area (Å²) >= 11 is 21.9. The Morgan fingerprint density at radius 3 is 1.97 bits per heavy atom. The van der Waals surface area contributed by atoms with Gasteiger partial charge in [-0.3, -0.25) is 4.79 Å². The lowest BCUT2D eigenvalue weighted by Crippen LogP contribution is -2.37. The van der Waals surface area contributed by atoms with E-state index in [9.17, 15) is 39.1 Å². The van der Waals surface area contributed by atoms with E-state index in [1.54, 1.807) is 18.2 Å². The summed E-state index contributed by atoms with van der Waals surface area (Å²) in [5.74, 6) is -0.618. The number of benzene rings is 1. The van der Waals surface area contributed by atoms with Crippen LogP contribution in [0.3, 0.4) is 0 Å². The Labute approximate surface area is 236 Å². The van der Waals surface area contributed by atoms with Crippen molar-refractivity contribution in [3.63, 3.8) is 0 Å². The maximum atomic E-state index is 12.6. The third kappa shape index (κ3) is 11.8. The van der Waals surface area contributed by atoms with Crippen molar-refractivity contribution in [2.24, 2.45) is 0 Å². The predicted octanol–water partition coefficient (Wildman–Crippen LogP) is 2.06. The second-order valence-corrected chi connectivity index (χ2v) is 23.0. The molecule has 14 nitrogen and oxygen atoms in total. The molecule has 1 saturated heterocycles. The van der Waals surface area contributed by atoms with Crippen molar-refractivity contribution in [1.29, 1.82) is 0 Å². The van der Waals surface area contributed by atoms with Gasteiger partial charge in [-0.15, -0.1) is 0 Å². The standard InChI is InChI=1S/C13H21O14P5S5/c1-28(17,33)24-30(19,35)26-32(21,37)27-31(20,36)25-29(18,34)22-7-9-11(15)12(16)13(23-9)10(14)8-5-3-2-4-6-8/h2-6,9,11-13,15-16H,7H2,1H3,(H,17,33)(H,18,34)(H,19,35)(H,20,36)(H,21,37). The molecule has 1 aliphatic heterocycles. The number of ketones is 1. The molecule has 1 aliphatic rings. The Morgan fingerprint density at radius 2 is 1.43 bits per heavy atom. The maximum Gasteiger partial charge on any atom is 0.398 e. The molecule has 37 heavy (non-hydrogen) atoms. The van der Waals surface area contributed by atoms with Crippen LogP contribution in [0.2, 0.25) is 0 Å². The fourth-order valence-electron chi connectivity index (χ4n) is 2.69. The molecule has 1 aromatic carbocycles. The van der Waals surface area contributed by atoms with E-state index in [0.29, 0.717) is 0 Å². The molecule has 212 valence electrons. The fraction of sp³-hybridized carbons (Fsp3) is 0.462. The molecule has 0 aliphatic carbocycles. The summed E-state index contributed by atoms with van der Waals surface area (Å²) in [6.07, 6.45) is -6.09. The number of thiol groups is 1. The number of ether oxygens (including phenoxy) is 1. The van der Waals surface area contributed by atoms with E-state index in [1.807, 2.05) is 0 Å². The minimum absolute atomic E-state index is 0.213. The third-order valence-electron chi connectivity index (χ3n) is 3.95. The topological polar surface area (TPSA) is 211 Å². The van der Waals surface area contributed by atoms with Crippen LogP contribution in [0.1, 0.15) is 10.4 Å². The zero-order chi connectivity index (χ0) is 28.4. The molecule has 1 heterocycles. The average Bonchev–Trinajstić information content (AvgIpc) is 2.96. The number of aliphatic hydroxyl groups is 2. The molecule has 0 bridgehead atoms. The van der Waals surface area contributed by atoms with Crippen LogP contribution < -0.4 is 0 Å². The summed E-state index contributed by atoms with van der Waals surface area (Å²) in [7, 11) is 0. The number of Topliss-reactive ketones (excluding diaryl/α,β-unsaturated/α-hetero) is 1. The van der Waals surface area contributed by atoms with E-state index in [-0.39, 0.29) is 5.56 Å². The molecule has 0 aromatic heterocycles. The van der Waals surface area contributed by atoms with Crippen molar-refractivity contribution in [2.45, 2.75) is 24.4 Å². The van der Waals surface area contributed by atoms with E-state index in [2.05, 4.69) is 60.6 Å². The Hall–Kier alpha value is 1.59. The molecule has 9 atom stereocenters. The number of carbonyl (C=O) groups excluding carboxylic acids is 1. The van der Waals surface area contributed by atoms with E-state index in [1.165, 1.54) is 12.1 Å². The zero-order valence-corrected chi connectivity index (χ0v) is 26.8. The summed E-state index contributed by atoms with van der Waals surface area (Å²) < 4.78 is 40.8. The number of hydrogen-bond donors (Lipinski definition) is 7. The van der Waals surface area contributed by atoms with Crippen LogP contribution in [0.4, 0.5) is 0 Å². The maximum absolute atomic E-state index is 12.6. The molecular formula is C13H21O14P5S5. The zero-order valence-electron chi connectivity index (χ0n) is 18.2. The Kier molecular flexibility index (Phi) is 12.5. The molecule has 6 N–H and O–H groups in total. The number of hydrogen-bond acceptors (Lipinski definition) is 14. The van der Waals surface area contributed by atoms with Crippen molar-refractivity contribution in [3.05, 3.63) is 35.9 Å². The monoisotopic (exact) mass is 716 g/mol. The molecule has 9 unspecified atom stereocenters. The van der Waals surface area contributed by atoms with E-state index in [4.69, 9.17) is 25.4 Å². The second-order valence-electron chi connectivity index (χ2n) is 7.11. The van der Waals surface area contributed by atoms with Gasteiger partial charge < -0.3 is 39.0 Å². The van der Waals surface area contributed by atoms with Gasteiger partial charge in [0.15, 0.2) is 12.3 Å². The summed E-state index contributed by atoms with van der Waals surface area (Å²) in [5.41, 5.74) is 0.213. The largest absolute Gasteiger partial charge is 0.398 e. The summed E-state index contributed by atoms with van der Waals surface area (Å²) in [4.78, 5) is 52.5. The van der Waals surface area contributed by atoms with Crippen LogP contribution in [0.25, 0.3) is 0 Å². The lowest BCUT2D eigenvalue weighted by molar-refractivity contribution is -0.0126. The van der Waals surface area contributed by atoms with Crippen molar-refractivity contribution in [3.8, 4) is 0 Å². The lowest BCUT2D eigenvalue weighted by Gasteiger charge is -2.26. The number of carbonyl (C=O) groups is 1. The molecule has 1 aromatic rings. The molecule has 0 spiro atoms. The van der Waals surface area contributed by atoms with Gasteiger partial charge in [0.25, 0.3) is 0 Å². The minimum Gasteiger partial charge on any atom is -0.387 e. The van der Waals surface area contributed by atoms with E-state index in [0.717, 1.165) is 6.66 Å². The Morgan fingerprint density at radius 1 is 0.919 bits per heavy atom. The van der Waals surface area contributed by atoms with E-state index >= 15 is 0 Å². The van der Waals surface area contributed by atoms with Crippen molar-refractivity contribution in [1.82, 2.24) is 0 Å². The average molecular weight is 717 g/mol. The van der Waals surface area contributed by atoms with Crippen LogP contribution in [0.5, 0.6) is 0 Å². The first-order valence-corrected chi connectivity index (χ1v) is 22.9. The van der Waals surface area contributed by atoms with E-state index < -0.39 is 70.3 Å². The van der Waals surface area contributed by atoms with Crippen molar-refractivity contribution >= 4 is 98.7 Å². The summed E-state index contributed by atoms with van der Waals surface area (Å²) in [6.45, 7) is -21.9. The van der Waals surface area contributed by atoms with Gasteiger partial charge in [0, 0.05) is 12.2 Å². The minimum atomic E-state index is -4.75. The highest BCUT2D eigenvalue weighted by molar-refractivity contribution is 8.46. The first-order chi connectivity index (χ1) is 16.6. The normalized spacial score (nSPS) is 30.3. The molecule has 0 saturated carbocycles. The SMILES string of the molecule is CP(O)(=S)OP(=O)(S)OP(O)(=S)OP(O)(=S)OP(O)(=S)OCC1OC(C(=O)c2ccccc2)C(O)C1O. The molecule has 0 amide bonds. The van der Waals surface area contributed by atoms with Gasteiger partial charge in [-0.05, 0) is 47.2 Å². The molecule has 0 radical (unpaired) electrons. The third-order valence-corrected chi connectivity index (χ3v) is 16.7. The van der Waals surface area contributed by atoms with Crippen LogP contribution in [-0.2, 0) is 78.3 Å².